The lowest BCUT2D eigenvalue weighted by molar-refractivity contribution is -0.665. The number of carbonyl (C=O) groups excluding carboxylic acids is 1. The standard InChI is InChI=1S/C15H20N2O5/c1-15(2,11-5-7-16-8-6-11)22-14(19)10-3-4-13(18)12(9-10)17(20)21/h3-4,9,11,16,18H,5-8H2,1-2H3/p+1. The Morgan fingerprint density at radius 3 is 2.64 bits per heavy atom. The summed E-state index contributed by atoms with van der Waals surface area (Å²) < 4.78 is 5.58. The van der Waals surface area contributed by atoms with Crippen LogP contribution in [0.5, 0.6) is 5.75 Å². The van der Waals surface area contributed by atoms with Crippen molar-refractivity contribution in [2.45, 2.75) is 32.3 Å². The van der Waals surface area contributed by atoms with E-state index in [2.05, 4.69) is 5.32 Å². The fourth-order valence-corrected chi connectivity index (χ4v) is 2.80. The van der Waals surface area contributed by atoms with Gasteiger partial charge in [-0.1, -0.05) is 0 Å². The molecule has 1 saturated heterocycles. The van der Waals surface area contributed by atoms with Crippen LogP contribution in [0.1, 0.15) is 37.0 Å². The average molecular weight is 309 g/mol. The number of carbonyl (C=O) groups is 1. The molecular weight excluding hydrogens is 288 g/mol. The maximum atomic E-state index is 12.3. The third-order valence-corrected chi connectivity index (χ3v) is 4.19. The lowest BCUT2D eigenvalue weighted by Crippen LogP contribution is -2.86. The normalized spacial score (nSPS) is 16.3. The average Bonchev–Trinajstić information content (AvgIpc) is 2.47. The third kappa shape index (κ3) is 3.54. The minimum Gasteiger partial charge on any atom is -0.502 e. The summed E-state index contributed by atoms with van der Waals surface area (Å²) in [7, 11) is 0. The number of quaternary nitrogens is 1. The maximum absolute atomic E-state index is 12.3. The molecule has 1 heterocycles. The minimum atomic E-state index is -0.728. The van der Waals surface area contributed by atoms with Crippen molar-refractivity contribution in [3.8, 4) is 5.75 Å². The van der Waals surface area contributed by atoms with E-state index >= 15 is 0 Å². The summed E-state index contributed by atoms with van der Waals surface area (Å²) in [6, 6.07) is 3.51. The molecule has 0 spiro atoms. The zero-order valence-electron chi connectivity index (χ0n) is 12.7. The summed E-state index contributed by atoms with van der Waals surface area (Å²) in [5.74, 6) is -0.806. The number of rotatable bonds is 4. The largest absolute Gasteiger partial charge is 0.502 e. The molecule has 0 saturated carbocycles. The molecule has 0 amide bonds. The molecule has 1 aromatic carbocycles. The molecular formula is C15H21N2O5+. The number of nitro benzene ring substituents is 1. The molecule has 0 aliphatic carbocycles. The second-order valence-corrected chi connectivity index (χ2v) is 6.09. The molecule has 7 heteroatoms. The molecule has 120 valence electrons. The van der Waals surface area contributed by atoms with Crippen molar-refractivity contribution in [3.05, 3.63) is 33.9 Å². The van der Waals surface area contributed by atoms with E-state index in [1.54, 1.807) is 0 Å². The lowest BCUT2D eigenvalue weighted by Gasteiger charge is -2.35. The van der Waals surface area contributed by atoms with Crippen molar-refractivity contribution in [1.29, 1.82) is 0 Å². The van der Waals surface area contributed by atoms with Crippen LogP contribution in [0.2, 0.25) is 0 Å². The van der Waals surface area contributed by atoms with Gasteiger partial charge in [0.05, 0.1) is 23.6 Å². The molecule has 0 aromatic heterocycles. The maximum Gasteiger partial charge on any atom is 0.338 e. The SMILES string of the molecule is CC(C)(OC(=O)c1ccc(O)c([N+](=O)[O-])c1)C1CC[NH2+]CC1. The number of phenolic OH excluding ortho intramolecular Hbond substituents is 1. The molecule has 1 fully saturated rings. The first-order chi connectivity index (χ1) is 10.3. The van der Waals surface area contributed by atoms with Crippen molar-refractivity contribution < 1.29 is 24.9 Å². The number of hydrogen-bond donors (Lipinski definition) is 2. The highest BCUT2D eigenvalue weighted by Crippen LogP contribution is 2.31. The van der Waals surface area contributed by atoms with Crippen molar-refractivity contribution in [2.75, 3.05) is 13.1 Å². The summed E-state index contributed by atoms with van der Waals surface area (Å²) in [6.45, 7) is 5.76. The molecule has 22 heavy (non-hydrogen) atoms. The third-order valence-electron chi connectivity index (χ3n) is 4.19. The van der Waals surface area contributed by atoms with Crippen LogP contribution in [0.3, 0.4) is 0 Å². The van der Waals surface area contributed by atoms with Crippen LogP contribution in [0.4, 0.5) is 5.69 Å². The zero-order valence-corrected chi connectivity index (χ0v) is 12.7. The van der Waals surface area contributed by atoms with Crippen molar-refractivity contribution in [2.24, 2.45) is 5.92 Å². The number of esters is 1. The van der Waals surface area contributed by atoms with Gasteiger partial charge in [-0.15, -0.1) is 0 Å². The lowest BCUT2D eigenvalue weighted by atomic mass is 9.83. The minimum absolute atomic E-state index is 0.0694. The molecule has 1 aliphatic rings. The van der Waals surface area contributed by atoms with Gasteiger partial charge in [0.1, 0.15) is 5.60 Å². The van der Waals surface area contributed by atoms with Gasteiger partial charge >= 0.3 is 11.7 Å². The van der Waals surface area contributed by atoms with Crippen LogP contribution in [0, 0.1) is 16.0 Å². The molecule has 7 nitrogen and oxygen atoms in total. The summed E-state index contributed by atoms with van der Waals surface area (Å²) in [5, 5.41) is 22.5. The van der Waals surface area contributed by atoms with Crippen LogP contribution in [-0.2, 0) is 4.74 Å². The Morgan fingerprint density at radius 1 is 1.41 bits per heavy atom. The van der Waals surface area contributed by atoms with Gasteiger partial charge in [-0.05, 0) is 26.0 Å². The molecule has 1 aliphatic heterocycles. The molecule has 2 rings (SSSR count). The number of piperidine rings is 1. The number of phenols is 1. The number of aromatic hydroxyl groups is 1. The Balaban J connectivity index is 2.14. The quantitative estimate of drug-likeness (QED) is 0.494. The Kier molecular flexibility index (Phi) is 4.65. The van der Waals surface area contributed by atoms with E-state index < -0.39 is 27.9 Å². The second-order valence-electron chi connectivity index (χ2n) is 6.09. The fourth-order valence-electron chi connectivity index (χ4n) is 2.80. The highest BCUT2D eigenvalue weighted by Gasteiger charge is 2.35. The summed E-state index contributed by atoms with van der Waals surface area (Å²) in [6.07, 6.45) is 1.94. The van der Waals surface area contributed by atoms with E-state index in [1.807, 2.05) is 13.8 Å². The Morgan fingerprint density at radius 2 is 2.05 bits per heavy atom. The highest BCUT2D eigenvalue weighted by molar-refractivity contribution is 5.90. The first kappa shape index (κ1) is 16.2. The topological polar surface area (TPSA) is 106 Å². The number of benzene rings is 1. The molecule has 0 atom stereocenters. The van der Waals surface area contributed by atoms with Gasteiger partial charge in [-0.25, -0.2) is 4.79 Å². The zero-order chi connectivity index (χ0) is 16.3. The van der Waals surface area contributed by atoms with Crippen LogP contribution >= 0.6 is 0 Å². The van der Waals surface area contributed by atoms with Crippen molar-refractivity contribution in [1.82, 2.24) is 0 Å². The van der Waals surface area contributed by atoms with Crippen LogP contribution in [0.15, 0.2) is 18.2 Å². The Bertz CT molecular complexity index is 579. The predicted octanol–water partition coefficient (Wildman–Crippen LogP) is 1.21. The van der Waals surface area contributed by atoms with Crippen molar-refractivity contribution >= 4 is 11.7 Å². The fraction of sp³-hybridized carbons (Fsp3) is 0.533. The number of nitrogens with two attached hydrogens (primary N) is 1. The van der Waals surface area contributed by atoms with E-state index in [9.17, 15) is 20.0 Å². The molecule has 3 N–H and O–H groups in total. The highest BCUT2D eigenvalue weighted by atomic mass is 16.6. The van der Waals surface area contributed by atoms with Gasteiger partial charge in [0, 0.05) is 24.8 Å². The molecule has 1 aromatic rings. The molecule has 0 radical (unpaired) electrons. The number of nitrogens with zero attached hydrogens (tertiary/aromatic N) is 1. The Labute approximate surface area is 128 Å². The van der Waals surface area contributed by atoms with Gasteiger partial charge in [-0.3, -0.25) is 10.1 Å². The first-order valence-corrected chi connectivity index (χ1v) is 7.33. The van der Waals surface area contributed by atoms with E-state index in [0.29, 0.717) is 0 Å². The summed E-state index contributed by atoms with van der Waals surface area (Å²) in [4.78, 5) is 22.3. The molecule has 0 unspecified atom stereocenters. The number of hydrogen-bond acceptors (Lipinski definition) is 5. The first-order valence-electron chi connectivity index (χ1n) is 7.33. The van der Waals surface area contributed by atoms with Gasteiger partial charge in [0.25, 0.3) is 0 Å². The van der Waals surface area contributed by atoms with E-state index in [4.69, 9.17) is 4.74 Å². The van der Waals surface area contributed by atoms with Gasteiger partial charge in [0.2, 0.25) is 0 Å². The van der Waals surface area contributed by atoms with Crippen LogP contribution in [0.25, 0.3) is 0 Å². The van der Waals surface area contributed by atoms with Gasteiger partial charge < -0.3 is 15.2 Å². The van der Waals surface area contributed by atoms with Gasteiger partial charge in [0.15, 0.2) is 5.75 Å². The molecule has 0 bridgehead atoms. The van der Waals surface area contributed by atoms with Gasteiger partial charge in [-0.2, -0.15) is 0 Å². The number of ether oxygens (including phenoxy) is 1. The monoisotopic (exact) mass is 309 g/mol. The summed E-state index contributed by atoms with van der Waals surface area (Å²) in [5.41, 5.74) is -1.06. The predicted molar refractivity (Wildman–Crippen MR) is 78.6 cm³/mol. The summed E-state index contributed by atoms with van der Waals surface area (Å²) >= 11 is 0. The van der Waals surface area contributed by atoms with Crippen LogP contribution < -0.4 is 5.32 Å². The second kappa shape index (κ2) is 6.31. The van der Waals surface area contributed by atoms with E-state index in [1.165, 1.54) is 6.07 Å². The van der Waals surface area contributed by atoms with Crippen LogP contribution in [-0.4, -0.2) is 34.7 Å². The van der Waals surface area contributed by atoms with E-state index in [-0.39, 0.29) is 11.5 Å². The number of nitro groups is 1. The Hall–Kier alpha value is -2.15. The smallest absolute Gasteiger partial charge is 0.338 e. The van der Waals surface area contributed by atoms with E-state index in [0.717, 1.165) is 38.1 Å². The van der Waals surface area contributed by atoms with Crippen molar-refractivity contribution in [3.63, 3.8) is 0 Å².